The first kappa shape index (κ1) is 23.7. The molecule has 0 atom stereocenters. The first-order chi connectivity index (χ1) is 22.1. The number of aromatic nitrogens is 3. The molecule has 6 aromatic carbocycles. The second kappa shape index (κ2) is 7.85. The fraction of sp³-hybridized carbons (Fsp3) is 0.0732. The van der Waals surface area contributed by atoms with Gasteiger partial charge < -0.3 is 4.42 Å². The van der Waals surface area contributed by atoms with Crippen LogP contribution in [0.5, 0.6) is 0 Å². The van der Waals surface area contributed by atoms with E-state index in [9.17, 15) is 0 Å². The molecule has 11 rings (SSSR count). The molecule has 0 spiro atoms. The van der Waals surface area contributed by atoms with Gasteiger partial charge in [0.05, 0.1) is 27.5 Å². The Morgan fingerprint density at radius 2 is 1.36 bits per heavy atom. The van der Waals surface area contributed by atoms with E-state index in [1.54, 1.807) is 0 Å². The molecule has 4 heterocycles. The molecule has 1 aliphatic rings. The lowest BCUT2D eigenvalue weighted by molar-refractivity contribution is 0.660. The number of nitrogens with zero attached hydrogens (tertiary/aromatic N) is 3. The van der Waals surface area contributed by atoms with Crippen LogP contribution in [0.4, 0.5) is 0 Å². The third-order valence-corrected chi connectivity index (χ3v) is 10.3. The molecular weight excluding hydrogens is 550 g/mol. The van der Waals surface area contributed by atoms with Crippen LogP contribution in [0.3, 0.4) is 0 Å². The quantitative estimate of drug-likeness (QED) is 0.196. The van der Waals surface area contributed by atoms with Gasteiger partial charge in [-0.2, -0.15) is 0 Å². The first-order valence-corrected chi connectivity index (χ1v) is 15.5. The van der Waals surface area contributed by atoms with Crippen LogP contribution >= 0.6 is 0 Å². The minimum Gasteiger partial charge on any atom is -0.455 e. The fourth-order valence-electron chi connectivity index (χ4n) is 8.21. The topological polar surface area (TPSA) is 43.3 Å². The molecule has 4 heteroatoms. The highest BCUT2D eigenvalue weighted by Crippen LogP contribution is 2.50. The monoisotopic (exact) mass is 575 g/mol. The summed E-state index contributed by atoms with van der Waals surface area (Å²) in [4.78, 5) is 10.4. The van der Waals surface area contributed by atoms with Gasteiger partial charge in [-0.3, -0.25) is 4.40 Å². The summed E-state index contributed by atoms with van der Waals surface area (Å²) >= 11 is 0. The third-order valence-electron chi connectivity index (χ3n) is 10.3. The third kappa shape index (κ3) is 2.83. The molecular formula is C41H25N3O. The normalized spacial score (nSPS) is 14.2. The first-order valence-electron chi connectivity index (χ1n) is 15.5. The lowest BCUT2D eigenvalue weighted by atomic mass is 9.82. The summed E-state index contributed by atoms with van der Waals surface area (Å²) in [6.45, 7) is 4.66. The van der Waals surface area contributed by atoms with E-state index in [-0.39, 0.29) is 5.41 Å². The van der Waals surface area contributed by atoms with Gasteiger partial charge in [0.2, 0.25) is 0 Å². The number of para-hydroxylation sites is 3. The van der Waals surface area contributed by atoms with Crippen LogP contribution in [0, 0.1) is 0 Å². The van der Waals surface area contributed by atoms with Gasteiger partial charge >= 0.3 is 0 Å². The van der Waals surface area contributed by atoms with Gasteiger partial charge in [0.15, 0.2) is 5.65 Å². The zero-order valence-electron chi connectivity index (χ0n) is 24.7. The van der Waals surface area contributed by atoms with Crippen LogP contribution in [0.2, 0.25) is 0 Å². The Hall–Kier alpha value is -5.74. The van der Waals surface area contributed by atoms with Crippen molar-refractivity contribution in [3.63, 3.8) is 0 Å². The van der Waals surface area contributed by atoms with Crippen molar-refractivity contribution in [3.05, 3.63) is 126 Å². The highest BCUT2D eigenvalue weighted by molar-refractivity contribution is 6.30. The summed E-state index contributed by atoms with van der Waals surface area (Å²) in [5.74, 6) is 0. The molecule has 0 saturated heterocycles. The van der Waals surface area contributed by atoms with Gasteiger partial charge in [0.1, 0.15) is 16.7 Å². The maximum atomic E-state index is 6.63. The molecule has 0 unspecified atom stereocenters. The van der Waals surface area contributed by atoms with Crippen LogP contribution in [-0.2, 0) is 5.41 Å². The lowest BCUT2D eigenvalue weighted by Gasteiger charge is -2.21. The SMILES string of the molecule is CC1(C)c2ccccc2-c2cc(-c3cc4c5nc6ccccc6nc5n5c6ccc7c8ccccc8oc7c6c(c3)c45)ccc21. The zero-order valence-corrected chi connectivity index (χ0v) is 24.7. The van der Waals surface area contributed by atoms with Crippen molar-refractivity contribution in [2.75, 3.05) is 0 Å². The molecule has 0 N–H and O–H groups in total. The Kier molecular flexibility index (Phi) is 4.13. The summed E-state index contributed by atoms with van der Waals surface area (Å²) in [6, 6.07) is 41.4. The number of hydrogen-bond acceptors (Lipinski definition) is 3. The molecule has 0 radical (unpaired) electrons. The standard InChI is InChI=1S/C41H25N3O/c1-41(2)30-11-5-3-9-24(30)27-19-22(15-17-31(27)41)23-20-28-36-34(18-16-26-25-10-4-8-14-35(25)45-39(26)36)44-38(28)29(21-23)37-40(44)43-33-13-7-6-12-32(33)42-37/h3-21H,1-2H3. The number of fused-ring (bicyclic) bond motifs is 14. The summed E-state index contributed by atoms with van der Waals surface area (Å²) in [7, 11) is 0. The van der Waals surface area contributed by atoms with Gasteiger partial charge in [-0.1, -0.05) is 80.6 Å². The fourth-order valence-corrected chi connectivity index (χ4v) is 8.21. The van der Waals surface area contributed by atoms with Crippen LogP contribution in [0.15, 0.2) is 120 Å². The van der Waals surface area contributed by atoms with Crippen molar-refractivity contribution < 1.29 is 4.42 Å². The van der Waals surface area contributed by atoms with Crippen molar-refractivity contribution in [2.24, 2.45) is 0 Å². The predicted molar refractivity (Wildman–Crippen MR) is 184 cm³/mol. The molecule has 210 valence electrons. The van der Waals surface area contributed by atoms with Crippen molar-refractivity contribution >= 4 is 71.3 Å². The van der Waals surface area contributed by atoms with Crippen LogP contribution < -0.4 is 0 Å². The van der Waals surface area contributed by atoms with E-state index in [1.807, 2.05) is 30.3 Å². The van der Waals surface area contributed by atoms with E-state index < -0.39 is 0 Å². The van der Waals surface area contributed by atoms with Crippen LogP contribution in [0.25, 0.3) is 93.6 Å². The summed E-state index contributed by atoms with van der Waals surface area (Å²) in [6.07, 6.45) is 0. The van der Waals surface area contributed by atoms with E-state index >= 15 is 0 Å². The Labute approximate surface area is 257 Å². The molecule has 0 saturated carbocycles. The second-order valence-corrected chi connectivity index (χ2v) is 13.0. The highest BCUT2D eigenvalue weighted by atomic mass is 16.3. The van der Waals surface area contributed by atoms with E-state index in [4.69, 9.17) is 14.4 Å². The minimum atomic E-state index is -0.0294. The molecule has 4 aromatic heterocycles. The molecule has 1 aliphatic carbocycles. The van der Waals surface area contributed by atoms with Gasteiger partial charge in [0.25, 0.3) is 0 Å². The Morgan fingerprint density at radius 1 is 0.600 bits per heavy atom. The minimum absolute atomic E-state index is 0.0294. The maximum Gasteiger partial charge on any atom is 0.165 e. The van der Waals surface area contributed by atoms with Gasteiger partial charge in [-0.15, -0.1) is 0 Å². The molecule has 0 fully saturated rings. The average Bonchev–Trinajstić information content (AvgIpc) is 3.78. The van der Waals surface area contributed by atoms with Crippen molar-refractivity contribution in [2.45, 2.75) is 19.3 Å². The predicted octanol–water partition coefficient (Wildman–Crippen LogP) is 10.7. The van der Waals surface area contributed by atoms with Crippen LogP contribution in [-0.4, -0.2) is 14.4 Å². The number of furan rings is 1. The van der Waals surface area contributed by atoms with Crippen molar-refractivity contribution in [1.82, 2.24) is 14.4 Å². The highest BCUT2D eigenvalue weighted by Gasteiger charge is 2.35. The Balaban J connectivity index is 1.30. The van der Waals surface area contributed by atoms with Crippen LogP contribution in [0.1, 0.15) is 25.0 Å². The molecule has 10 aromatic rings. The van der Waals surface area contributed by atoms with Gasteiger partial charge in [-0.25, -0.2) is 9.97 Å². The maximum absolute atomic E-state index is 6.63. The molecule has 0 aliphatic heterocycles. The van der Waals surface area contributed by atoms with Gasteiger partial charge in [-0.05, 0) is 81.9 Å². The molecule has 0 amide bonds. The summed E-state index contributed by atoms with van der Waals surface area (Å²) in [5, 5.41) is 5.65. The Morgan fingerprint density at radius 3 is 2.27 bits per heavy atom. The van der Waals surface area contributed by atoms with E-state index in [1.165, 1.54) is 27.8 Å². The lowest BCUT2D eigenvalue weighted by Crippen LogP contribution is -2.14. The van der Waals surface area contributed by atoms with Crippen molar-refractivity contribution in [1.29, 1.82) is 0 Å². The number of rotatable bonds is 1. The average molecular weight is 576 g/mol. The van der Waals surface area contributed by atoms with Gasteiger partial charge in [0, 0.05) is 27.0 Å². The molecule has 0 bridgehead atoms. The summed E-state index contributed by atoms with van der Waals surface area (Å²) in [5.41, 5.74) is 15.4. The zero-order chi connectivity index (χ0) is 29.6. The Bertz CT molecular complexity index is 2910. The smallest absolute Gasteiger partial charge is 0.165 e. The second-order valence-electron chi connectivity index (χ2n) is 13.0. The molecule has 4 nitrogen and oxygen atoms in total. The van der Waals surface area contributed by atoms with Crippen molar-refractivity contribution in [3.8, 4) is 22.3 Å². The van der Waals surface area contributed by atoms with E-state index in [2.05, 4.69) is 103 Å². The van der Waals surface area contributed by atoms with E-state index in [0.29, 0.717) is 0 Å². The number of hydrogen-bond donors (Lipinski definition) is 0. The van der Waals surface area contributed by atoms with E-state index in [0.717, 1.165) is 76.9 Å². The largest absolute Gasteiger partial charge is 0.455 e. The molecule has 45 heavy (non-hydrogen) atoms. The number of benzene rings is 6. The summed E-state index contributed by atoms with van der Waals surface area (Å²) < 4.78 is 8.93.